The third-order valence-electron chi connectivity index (χ3n) is 6.17. The van der Waals surface area contributed by atoms with Gasteiger partial charge in [0.05, 0.1) is 16.1 Å². The summed E-state index contributed by atoms with van der Waals surface area (Å²) in [4.78, 5) is 4.92. The molecule has 0 spiro atoms. The van der Waals surface area contributed by atoms with Crippen LogP contribution in [0.4, 0.5) is 5.69 Å². The van der Waals surface area contributed by atoms with Crippen LogP contribution >= 0.6 is 0 Å². The Balaban J connectivity index is 1.58. The van der Waals surface area contributed by atoms with Crippen molar-refractivity contribution in [3.63, 3.8) is 0 Å². The minimum absolute atomic E-state index is 0.366. The molecule has 0 saturated heterocycles. The number of fused-ring (bicyclic) bond motifs is 1. The van der Waals surface area contributed by atoms with E-state index in [-0.39, 0.29) is 0 Å². The number of pyridine rings is 1. The molecule has 0 saturated carbocycles. The third kappa shape index (κ3) is 7.56. The van der Waals surface area contributed by atoms with Crippen LogP contribution < -0.4 is 4.72 Å². The van der Waals surface area contributed by atoms with Crippen LogP contribution in [0.15, 0.2) is 59.5 Å². The number of hydrogen-bond donors (Lipinski definition) is 1. The van der Waals surface area contributed by atoms with E-state index in [1.54, 1.807) is 18.2 Å². The van der Waals surface area contributed by atoms with E-state index < -0.39 is 10.0 Å². The molecular formula is C28H38N2O2S. The average Bonchev–Trinajstić information content (AvgIpc) is 2.81. The van der Waals surface area contributed by atoms with Crippen molar-refractivity contribution < 1.29 is 8.42 Å². The molecule has 0 aliphatic heterocycles. The summed E-state index contributed by atoms with van der Waals surface area (Å²) in [6.07, 6.45) is 13.5. The van der Waals surface area contributed by atoms with Crippen LogP contribution in [0.5, 0.6) is 0 Å². The third-order valence-corrected chi connectivity index (χ3v) is 7.63. The lowest BCUT2D eigenvalue weighted by molar-refractivity contribution is 0.555. The molecule has 1 N–H and O–H groups in total. The van der Waals surface area contributed by atoms with Crippen LogP contribution in [0.3, 0.4) is 0 Å². The monoisotopic (exact) mass is 466 g/mol. The van der Waals surface area contributed by atoms with Crippen LogP contribution in [0, 0.1) is 6.92 Å². The van der Waals surface area contributed by atoms with Crippen molar-refractivity contribution in [1.29, 1.82) is 0 Å². The standard InChI is InChI=1S/C28H38N2O2S/c1-3-4-5-6-7-8-9-10-11-12-16-24-17-13-14-20-27(24)33(31,32)30-26-19-15-18-25-22-21-23(2)29-28(25)26/h13-15,17-22,30H,3-12,16H2,1-2H3. The van der Waals surface area contributed by atoms with Gasteiger partial charge in [0.1, 0.15) is 0 Å². The molecule has 5 heteroatoms. The van der Waals surface area contributed by atoms with Crippen molar-refractivity contribution in [2.75, 3.05) is 4.72 Å². The smallest absolute Gasteiger partial charge is 0.262 e. The number of nitrogens with zero attached hydrogens (tertiary/aromatic N) is 1. The second kappa shape index (κ2) is 12.7. The highest BCUT2D eigenvalue weighted by Crippen LogP contribution is 2.26. The minimum atomic E-state index is -3.70. The molecule has 0 atom stereocenters. The molecule has 3 aromatic rings. The predicted octanol–water partition coefficient (Wildman–Crippen LogP) is 7.81. The largest absolute Gasteiger partial charge is 0.277 e. The van der Waals surface area contributed by atoms with Gasteiger partial charge in [-0.2, -0.15) is 0 Å². The first kappa shape index (κ1) is 25.2. The van der Waals surface area contributed by atoms with Gasteiger partial charge >= 0.3 is 0 Å². The van der Waals surface area contributed by atoms with Gasteiger partial charge in [-0.25, -0.2) is 8.42 Å². The topological polar surface area (TPSA) is 59.1 Å². The van der Waals surface area contributed by atoms with Crippen molar-refractivity contribution in [3.8, 4) is 0 Å². The minimum Gasteiger partial charge on any atom is -0.277 e. The number of nitrogens with one attached hydrogen (secondary N) is 1. The molecule has 0 amide bonds. The van der Waals surface area contributed by atoms with Gasteiger partial charge in [-0.05, 0) is 43.5 Å². The highest BCUT2D eigenvalue weighted by atomic mass is 32.2. The predicted molar refractivity (Wildman–Crippen MR) is 139 cm³/mol. The number of unbranched alkanes of at least 4 members (excludes halogenated alkanes) is 9. The molecule has 0 unspecified atom stereocenters. The molecule has 0 radical (unpaired) electrons. The van der Waals surface area contributed by atoms with Crippen LogP contribution in [-0.4, -0.2) is 13.4 Å². The SMILES string of the molecule is CCCCCCCCCCCCc1ccccc1S(=O)(=O)Nc1cccc2ccc(C)nc12. The summed E-state index contributed by atoms with van der Waals surface area (Å²) in [6.45, 7) is 4.16. The summed E-state index contributed by atoms with van der Waals surface area (Å²) in [5, 5.41) is 0.916. The molecule has 178 valence electrons. The quantitative estimate of drug-likeness (QED) is 0.246. The second-order valence-corrected chi connectivity index (χ2v) is 10.6. The zero-order valence-electron chi connectivity index (χ0n) is 20.1. The number of hydrogen-bond acceptors (Lipinski definition) is 3. The Kier molecular flexibility index (Phi) is 9.74. The lowest BCUT2D eigenvalue weighted by Gasteiger charge is -2.14. The Hall–Kier alpha value is -2.40. The summed E-state index contributed by atoms with van der Waals surface area (Å²) in [7, 11) is -3.70. The van der Waals surface area contributed by atoms with E-state index >= 15 is 0 Å². The van der Waals surface area contributed by atoms with Gasteiger partial charge < -0.3 is 0 Å². The van der Waals surface area contributed by atoms with Gasteiger partial charge in [-0.15, -0.1) is 0 Å². The molecule has 0 aliphatic rings. The summed E-state index contributed by atoms with van der Waals surface area (Å²) < 4.78 is 29.4. The van der Waals surface area contributed by atoms with Gasteiger partial charge in [0, 0.05) is 11.1 Å². The van der Waals surface area contributed by atoms with Crippen molar-refractivity contribution in [2.24, 2.45) is 0 Å². The van der Waals surface area contributed by atoms with Crippen molar-refractivity contribution in [3.05, 3.63) is 65.9 Å². The van der Waals surface area contributed by atoms with Gasteiger partial charge in [-0.1, -0.05) is 101 Å². The van der Waals surface area contributed by atoms with Crippen LogP contribution in [0.2, 0.25) is 0 Å². The number of aryl methyl sites for hydroxylation is 2. The van der Waals surface area contributed by atoms with Gasteiger partial charge in [0.15, 0.2) is 0 Å². The molecule has 2 aromatic carbocycles. The number of para-hydroxylation sites is 1. The van der Waals surface area contributed by atoms with Crippen LogP contribution in [0.1, 0.15) is 82.4 Å². The van der Waals surface area contributed by atoms with Gasteiger partial charge in [0.2, 0.25) is 0 Å². The van der Waals surface area contributed by atoms with E-state index in [9.17, 15) is 8.42 Å². The molecule has 0 bridgehead atoms. The van der Waals surface area contributed by atoms with Gasteiger partial charge in [0.25, 0.3) is 10.0 Å². The number of benzene rings is 2. The summed E-state index contributed by atoms with van der Waals surface area (Å²) in [5.74, 6) is 0. The lowest BCUT2D eigenvalue weighted by atomic mass is 10.0. The Bertz CT molecular complexity index is 1130. The summed E-state index contributed by atoms with van der Waals surface area (Å²) >= 11 is 0. The maximum atomic E-state index is 13.3. The summed E-state index contributed by atoms with van der Waals surface area (Å²) in [6, 6.07) is 16.8. The molecule has 4 nitrogen and oxygen atoms in total. The molecule has 3 rings (SSSR count). The molecule has 1 aromatic heterocycles. The number of aromatic nitrogens is 1. The number of rotatable bonds is 14. The van der Waals surface area contributed by atoms with Gasteiger partial charge in [-0.3, -0.25) is 9.71 Å². The maximum absolute atomic E-state index is 13.3. The van der Waals surface area contributed by atoms with Crippen LogP contribution in [-0.2, 0) is 16.4 Å². The molecule has 1 heterocycles. The summed E-state index contributed by atoms with van der Waals surface area (Å²) in [5.41, 5.74) is 2.93. The molecule has 0 aliphatic carbocycles. The van der Waals surface area contributed by atoms with E-state index in [0.717, 1.165) is 35.9 Å². The first-order valence-electron chi connectivity index (χ1n) is 12.5. The van der Waals surface area contributed by atoms with E-state index in [0.29, 0.717) is 16.1 Å². The maximum Gasteiger partial charge on any atom is 0.262 e. The Morgan fingerprint density at radius 2 is 1.42 bits per heavy atom. The second-order valence-electron chi connectivity index (χ2n) is 8.98. The van der Waals surface area contributed by atoms with E-state index in [1.807, 2.05) is 43.3 Å². The Morgan fingerprint density at radius 3 is 2.15 bits per heavy atom. The fourth-order valence-electron chi connectivity index (χ4n) is 4.30. The normalized spacial score (nSPS) is 11.7. The van der Waals surface area contributed by atoms with Crippen LogP contribution in [0.25, 0.3) is 10.9 Å². The number of sulfonamides is 1. The fraction of sp³-hybridized carbons (Fsp3) is 0.464. The van der Waals surface area contributed by atoms with E-state index in [1.165, 1.54) is 51.4 Å². The average molecular weight is 467 g/mol. The first-order valence-corrected chi connectivity index (χ1v) is 14.0. The van der Waals surface area contributed by atoms with Crippen molar-refractivity contribution in [2.45, 2.75) is 89.4 Å². The highest BCUT2D eigenvalue weighted by Gasteiger charge is 2.19. The Labute approximate surface area is 199 Å². The molecular weight excluding hydrogens is 428 g/mol. The fourth-order valence-corrected chi connectivity index (χ4v) is 5.64. The van der Waals surface area contributed by atoms with Crippen molar-refractivity contribution >= 4 is 26.6 Å². The molecule has 33 heavy (non-hydrogen) atoms. The highest BCUT2D eigenvalue weighted by molar-refractivity contribution is 7.92. The Morgan fingerprint density at radius 1 is 0.758 bits per heavy atom. The van der Waals surface area contributed by atoms with Crippen molar-refractivity contribution in [1.82, 2.24) is 4.98 Å². The molecule has 0 fully saturated rings. The van der Waals surface area contributed by atoms with E-state index in [2.05, 4.69) is 16.6 Å². The number of anilines is 1. The zero-order chi connectivity index (χ0) is 23.5. The zero-order valence-corrected chi connectivity index (χ0v) is 21.0. The first-order chi connectivity index (χ1) is 16.0. The lowest BCUT2D eigenvalue weighted by Crippen LogP contribution is -2.15. The van der Waals surface area contributed by atoms with E-state index in [4.69, 9.17) is 0 Å².